The Labute approximate surface area is 64.5 Å². The van der Waals surface area contributed by atoms with E-state index in [2.05, 4.69) is 20.8 Å². The van der Waals surface area contributed by atoms with Gasteiger partial charge in [0.1, 0.15) is 0 Å². The van der Waals surface area contributed by atoms with Crippen LogP contribution >= 0.6 is 0 Å². The molecule has 1 N–H and O–H groups in total. The summed E-state index contributed by atoms with van der Waals surface area (Å²) in [5.74, 6) is 1.32. The topological polar surface area (TPSA) is 20.2 Å². The molecule has 0 aliphatic carbocycles. The van der Waals surface area contributed by atoms with Crippen LogP contribution in [-0.2, 0) is 0 Å². The molecule has 0 aliphatic heterocycles. The lowest BCUT2D eigenvalue weighted by atomic mass is 9.97. The lowest BCUT2D eigenvalue weighted by Gasteiger charge is -2.11. The molecule has 0 radical (unpaired) electrons. The minimum absolute atomic E-state index is 0.344. The molecular weight excluding hydrogens is 124 g/mol. The molecule has 0 heterocycles. The summed E-state index contributed by atoms with van der Waals surface area (Å²) >= 11 is 0. The molecule has 0 saturated heterocycles. The number of aliphatic hydroxyl groups excluding tert-OH is 1. The molecule has 0 rings (SSSR count). The van der Waals surface area contributed by atoms with Gasteiger partial charge in [0.15, 0.2) is 0 Å². The van der Waals surface area contributed by atoms with E-state index in [0.29, 0.717) is 12.5 Å². The molecule has 0 aliphatic rings. The Morgan fingerprint density at radius 2 is 1.60 bits per heavy atom. The highest BCUT2D eigenvalue weighted by Gasteiger charge is 2.02. The summed E-state index contributed by atoms with van der Waals surface area (Å²) in [5, 5.41) is 8.72. The van der Waals surface area contributed by atoms with E-state index in [9.17, 15) is 0 Å². The van der Waals surface area contributed by atoms with Gasteiger partial charge in [-0.1, -0.05) is 33.6 Å². The van der Waals surface area contributed by atoms with E-state index < -0.39 is 0 Å². The summed E-state index contributed by atoms with van der Waals surface area (Å²) in [6.07, 6.45) is 3.70. The molecule has 10 heavy (non-hydrogen) atoms. The minimum atomic E-state index is 0.344. The molecule has 0 bridgehead atoms. The highest BCUT2D eigenvalue weighted by atomic mass is 16.3. The predicted octanol–water partition coefficient (Wildman–Crippen LogP) is 2.44. The average Bonchev–Trinajstić information content (AvgIpc) is 1.99. The summed E-state index contributed by atoms with van der Waals surface area (Å²) in [4.78, 5) is 0. The Kier molecular flexibility index (Phi) is 5.70. The first-order chi connectivity index (χ1) is 4.70. The van der Waals surface area contributed by atoms with Gasteiger partial charge >= 0.3 is 0 Å². The van der Waals surface area contributed by atoms with Crippen molar-refractivity contribution in [2.45, 2.75) is 40.0 Å². The summed E-state index contributed by atoms with van der Waals surface area (Å²) in [7, 11) is 0. The third kappa shape index (κ3) is 4.80. The van der Waals surface area contributed by atoms with Crippen molar-refractivity contribution in [2.24, 2.45) is 11.8 Å². The van der Waals surface area contributed by atoms with E-state index >= 15 is 0 Å². The van der Waals surface area contributed by atoms with Gasteiger partial charge in [0.25, 0.3) is 0 Å². The van der Waals surface area contributed by atoms with Crippen molar-refractivity contribution in [3.05, 3.63) is 0 Å². The molecule has 1 nitrogen and oxygen atoms in total. The van der Waals surface area contributed by atoms with Crippen molar-refractivity contribution in [1.29, 1.82) is 0 Å². The quantitative estimate of drug-likeness (QED) is 0.628. The second kappa shape index (κ2) is 5.72. The molecule has 1 unspecified atom stereocenters. The van der Waals surface area contributed by atoms with Gasteiger partial charge in [-0.2, -0.15) is 0 Å². The fourth-order valence-corrected chi connectivity index (χ4v) is 0.864. The van der Waals surface area contributed by atoms with E-state index in [1.807, 2.05) is 0 Å². The van der Waals surface area contributed by atoms with Gasteiger partial charge in [0.2, 0.25) is 0 Å². The second-order valence-electron chi connectivity index (χ2n) is 3.38. The van der Waals surface area contributed by atoms with E-state index in [-0.39, 0.29) is 0 Å². The first-order valence-corrected chi connectivity index (χ1v) is 4.31. The zero-order valence-corrected chi connectivity index (χ0v) is 7.43. The summed E-state index contributed by atoms with van der Waals surface area (Å²) in [5.41, 5.74) is 0. The highest BCUT2D eigenvalue weighted by Crippen LogP contribution is 2.13. The molecule has 0 fully saturated rings. The van der Waals surface area contributed by atoms with E-state index in [4.69, 9.17) is 5.11 Å². The summed E-state index contributed by atoms with van der Waals surface area (Å²) < 4.78 is 0. The fraction of sp³-hybridized carbons (Fsp3) is 1.00. The smallest absolute Gasteiger partial charge is 0.0456 e. The Hall–Kier alpha value is -0.0400. The zero-order chi connectivity index (χ0) is 7.98. The van der Waals surface area contributed by atoms with Gasteiger partial charge in [0, 0.05) is 6.61 Å². The molecule has 0 amide bonds. The molecule has 0 aromatic rings. The van der Waals surface area contributed by atoms with E-state index in [1.165, 1.54) is 19.3 Å². The van der Waals surface area contributed by atoms with Crippen molar-refractivity contribution in [2.75, 3.05) is 6.61 Å². The van der Waals surface area contributed by atoms with Crippen LogP contribution in [0.25, 0.3) is 0 Å². The standard InChI is InChI=1S/C9H20O/c1-4-8(2)5-6-9(3)7-10/h8-10H,4-7H2,1-3H3/t8?,9-/m1/s1. The Morgan fingerprint density at radius 3 is 2.00 bits per heavy atom. The lowest BCUT2D eigenvalue weighted by Crippen LogP contribution is -2.03. The lowest BCUT2D eigenvalue weighted by molar-refractivity contribution is 0.222. The molecular formula is C9H20O. The maximum absolute atomic E-state index is 8.72. The molecule has 0 saturated carbocycles. The van der Waals surface area contributed by atoms with Crippen LogP contribution in [0.15, 0.2) is 0 Å². The van der Waals surface area contributed by atoms with Crippen molar-refractivity contribution in [3.63, 3.8) is 0 Å². The SMILES string of the molecule is CCC(C)CC[C@@H](C)CO. The predicted molar refractivity (Wildman–Crippen MR) is 44.9 cm³/mol. The van der Waals surface area contributed by atoms with Gasteiger partial charge in [0.05, 0.1) is 0 Å². The minimum Gasteiger partial charge on any atom is -0.396 e. The fourth-order valence-electron chi connectivity index (χ4n) is 0.864. The molecule has 62 valence electrons. The van der Waals surface area contributed by atoms with Crippen molar-refractivity contribution in [1.82, 2.24) is 0 Å². The molecule has 1 heteroatoms. The second-order valence-corrected chi connectivity index (χ2v) is 3.38. The number of aliphatic hydroxyl groups is 1. The van der Waals surface area contributed by atoms with Crippen LogP contribution in [0.2, 0.25) is 0 Å². The van der Waals surface area contributed by atoms with Crippen molar-refractivity contribution in [3.8, 4) is 0 Å². The Balaban J connectivity index is 3.17. The largest absolute Gasteiger partial charge is 0.396 e. The number of rotatable bonds is 5. The van der Waals surface area contributed by atoms with Crippen molar-refractivity contribution < 1.29 is 5.11 Å². The van der Waals surface area contributed by atoms with Gasteiger partial charge in [-0.25, -0.2) is 0 Å². The van der Waals surface area contributed by atoms with Gasteiger partial charge in [-0.3, -0.25) is 0 Å². The van der Waals surface area contributed by atoms with Crippen LogP contribution < -0.4 is 0 Å². The Bertz CT molecular complexity index is 61.1. The molecule has 0 spiro atoms. The van der Waals surface area contributed by atoms with Gasteiger partial charge in [-0.05, 0) is 18.3 Å². The third-order valence-electron chi connectivity index (χ3n) is 2.16. The van der Waals surface area contributed by atoms with Gasteiger partial charge < -0.3 is 5.11 Å². The number of hydrogen-bond acceptors (Lipinski definition) is 1. The van der Waals surface area contributed by atoms with Crippen LogP contribution in [0.3, 0.4) is 0 Å². The Morgan fingerprint density at radius 1 is 1.10 bits per heavy atom. The monoisotopic (exact) mass is 144 g/mol. The highest BCUT2D eigenvalue weighted by molar-refractivity contribution is 4.55. The maximum Gasteiger partial charge on any atom is 0.0456 e. The molecule has 0 aromatic heterocycles. The van der Waals surface area contributed by atoms with Crippen LogP contribution in [0.5, 0.6) is 0 Å². The summed E-state index contributed by atoms with van der Waals surface area (Å²) in [6, 6.07) is 0. The van der Waals surface area contributed by atoms with Crippen molar-refractivity contribution >= 4 is 0 Å². The van der Waals surface area contributed by atoms with E-state index in [1.54, 1.807) is 0 Å². The van der Waals surface area contributed by atoms with Gasteiger partial charge in [-0.15, -0.1) is 0 Å². The first-order valence-electron chi connectivity index (χ1n) is 4.31. The van der Waals surface area contributed by atoms with Crippen LogP contribution in [-0.4, -0.2) is 11.7 Å². The van der Waals surface area contributed by atoms with Crippen LogP contribution in [0, 0.1) is 11.8 Å². The number of hydrogen-bond donors (Lipinski definition) is 1. The van der Waals surface area contributed by atoms with Crippen LogP contribution in [0.4, 0.5) is 0 Å². The molecule has 2 atom stereocenters. The summed E-state index contributed by atoms with van der Waals surface area (Å²) in [6.45, 7) is 6.93. The molecule has 0 aromatic carbocycles. The van der Waals surface area contributed by atoms with E-state index in [0.717, 1.165) is 5.92 Å². The normalized spacial score (nSPS) is 16.8. The maximum atomic E-state index is 8.72. The van der Waals surface area contributed by atoms with Crippen LogP contribution in [0.1, 0.15) is 40.0 Å². The third-order valence-corrected chi connectivity index (χ3v) is 2.16. The zero-order valence-electron chi connectivity index (χ0n) is 7.43. The average molecular weight is 144 g/mol. The first kappa shape index (κ1) is 9.96.